The van der Waals surface area contributed by atoms with Crippen molar-refractivity contribution in [2.24, 2.45) is 0 Å². The van der Waals surface area contributed by atoms with Gasteiger partial charge in [-0.15, -0.1) is 6.58 Å². The fourth-order valence-corrected chi connectivity index (χ4v) is 1.80. The molecule has 6 heteroatoms. The SMILES string of the molecule is C=CCNC(=O)c1cc(C)nc(Nc2ccc(OC)cc2)n1. The molecule has 1 amide bonds. The summed E-state index contributed by atoms with van der Waals surface area (Å²) in [5, 5.41) is 5.76. The molecule has 0 atom stereocenters. The van der Waals surface area contributed by atoms with E-state index in [1.807, 2.05) is 31.2 Å². The first-order valence-corrected chi connectivity index (χ1v) is 6.78. The number of hydrogen-bond donors (Lipinski definition) is 2. The predicted octanol–water partition coefficient (Wildman–Crippen LogP) is 2.45. The van der Waals surface area contributed by atoms with Crippen molar-refractivity contribution in [2.75, 3.05) is 19.0 Å². The van der Waals surface area contributed by atoms with Gasteiger partial charge in [-0.3, -0.25) is 4.79 Å². The number of carbonyl (C=O) groups excluding carboxylic acids is 1. The van der Waals surface area contributed by atoms with E-state index in [0.29, 0.717) is 23.9 Å². The molecule has 2 rings (SSSR count). The zero-order chi connectivity index (χ0) is 15.9. The van der Waals surface area contributed by atoms with E-state index < -0.39 is 0 Å². The van der Waals surface area contributed by atoms with Gasteiger partial charge in [-0.25, -0.2) is 9.97 Å². The fraction of sp³-hybridized carbons (Fsp3) is 0.188. The Bertz CT molecular complexity index is 668. The van der Waals surface area contributed by atoms with E-state index in [4.69, 9.17) is 4.74 Å². The first-order chi connectivity index (χ1) is 10.6. The second-order valence-electron chi connectivity index (χ2n) is 4.57. The second-order valence-corrected chi connectivity index (χ2v) is 4.57. The number of benzene rings is 1. The number of anilines is 2. The molecule has 22 heavy (non-hydrogen) atoms. The molecule has 6 nitrogen and oxygen atoms in total. The normalized spacial score (nSPS) is 9.91. The lowest BCUT2D eigenvalue weighted by Crippen LogP contribution is -2.24. The van der Waals surface area contributed by atoms with Gasteiger partial charge in [0.05, 0.1) is 7.11 Å². The fourth-order valence-electron chi connectivity index (χ4n) is 1.80. The van der Waals surface area contributed by atoms with E-state index in [2.05, 4.69) is 27.2 Å². The molecule has 1 heterocycles. The largest absolute Gasteiger partial charge is 0.497 e. The van der Waals surface area contributed by atoms with Gasteiger partial charge in [0.25, 0.3) is 5.91 Å². The highest BCUT2D eigenvalue weighted by Gasteiger charge is 2.10. The Balaban J connectivity index is 2.18. The van der Waals surface area contributed by atoms with Crippen molar-refractivity contribution in [1.82, 2.24) is 15.3 Å². The van der Waals surface area contributed by atoms with Crippen LogP contribution in [0.5, 0.6) is 5.75 Å². The molecule has 1 aromatic carbocycles. The third-order valence-corrected chi connectivity index (χ3v) is 2.84. The lowest BCUT2D eigenvalue weighted by molar-refractivity contribution is 0.0953. The Hall–Kier alpha value is -2.89. The Morgan fingerprint density at radius 1 is 1.32 bits per heavy atom. The van der Waals surface area contributed by atoms with Gasteiger partial charge in [-0.2, -0.15) is 0 Å². The van der Waals surface area contributed by atoms with Crippen LogP contribution >= 0.6 is 0 Å². The number of carbonyl (C=O) groups is 1. The maximum Gasteiger partial charge on any atom is 0.270 e. The summed E-state index contributed by atoms with van der Waals surface area (Å²) in [6, 6.07) is 8.99. The molecule has 1 aromatic heterocycles. The molecular formula is C16H18N4O2. The molecule has 0 saturated carbocycles. The summed E-state index contributed by atoms with van der Waals surface area (Å²) in [4.78, 5) is 20.5. The summed E-state index contributed by atoms with van der Waals surface area (Å²) >= 11 is 0. The molecule has 0 radical (unpaired) electrons. The summed E-state index contributed by atoms with van der Waals surface area (Å²) < 4.78 is 5.11. The lowest BCUT2D eigenvalue weighted by Gasteiger charge is -2.08. The molecule has 114 valence electrons. The van der Waals surface area contributed by atoms with E-state index >= 15 is 0 Å². The van der Waals surface area contributed by atoms with Gasteiger partial charge in [0.15, 0.2) is 0 Å². The van der Waals surface area contributed by atoms with Gasteiger partial charge >= 0.3 is 0 Å². The van der Waals surface area contributed by atoms with E-state index in [-0.39, 0.29) is 5.91 Å². The van der Waals surface area contributed by atoms with E-state index in [1.54, 1.807) is 19.3 Å². The molecule has 2 N–H and O–H groups in total. The smallest absolute Gasteiger partial charge is 0.270 e. The lowest BCUT2D eigenvalue weighted by atomic mass is 10.3. The van der Waals surface area contributed by atoms with Gasteiger partial charge in [-0.1, -0.05) is 6.08 Å². The summed E-state index contributed by atoms with van der Waals surface area (Å²) in [6.45, 7) is 5.76. The average molecular weight is 298 g/mol. The maximum atomic E-state index is 12.0. The van der Waals surface area contributed by atoms with Crippen LogP contribution in [0, 0.1) is 6.92 Å². The number of rotatable bonds is 6. The van der Waals surface area contributed by atoms with Crippen molar-refractivity contribution in [3.63, 3.8) is 0 Å². The molecule has 0 bridgehead atoms. The topological polar surface area (TPSA) is 76.1 Å². The monoisotopic (exact) mass is 298 g/mol. The van der Waals surface area contributed by atoms with E-state index in [9.17, 15) is 4.79 Å². The third-order valence-electron chi connectivity index (χ3n) is 2.84. The number of ether oxygens (including phenoxy) is 1. The highest BCUT2D eigenvalue weighted by molar-refractivity contribution is 5.92. The molecule has 0 fully saturated rings. The Morgan fingerprint density at radius 3 is 2.68 bits per heavy atom. The summed E-state index contributed by atoms with van der Waals surface area (Å²) in [6.07, 6.45) is 1.61. The Kier molecular flexibility index (Phi) is 5.08. The van der Waals surface area contributed by atoms with Crippen LogP contribution in [0.2, 0.25) is 0 Å². The predicted molar refractivity (Wildman–Crippen MR) is 85.6 cm³/mol. The van der Waals surface area contributed by atoms with Gasteiger partial charge in [0, 0.05) is 17.9 Å². The summed E-state index contributed by atoms with van der Waals surface area (Å²) in [5.41, 5.74) is 1.82. The zero-order valence-electron chi connectivity index (χ0n) is 12.6. The molecule has 0 aliphatic heterocycles. The number of amides is 1. The number of methoxy groups -OCH3 is 1. The van der Waals surface area contributed by atoms with Gasteiger partial charge < -0.3 is 15.4 Å². The molecular weight excluding hydrogens is 280 g/mol. The highest BCUT2D eigenvalue weighted by atomic mass is 16.5. The average Bonchev–Trinajstić information content (AvgIpc) is 2.52. The van der Waals surface area contributed by atoms with Crippen molar-refractivity contribution in [3.8, 4) is 5.75 Å². The maximum absolute atomic E-state index is 12.0. The quantitative estimate of drug-likeness (QED) is 0.801. The molecule has 0 aliphatic rings. The van der Waals surface area contributed by atoms with Crippen LogP contribution in [0.25, 0.3) is 0 Å². The molecule has 0 aliphatic carbocycles. The van der Waals surface area contributed by atoms with Crippen molar-refractivity contribution < 1.29 is 9.53 Å². The van der Waals surface area contributed by atoms with Crippen LogP contribution in [0.1, 0.15) is 16.2 Å². The number of aromatic nitrogens is 2. The van der Waals surface area contributed by atoms with Crippen LogP contribution in [-0.2, 0) is 0 Å². The van der Waals surface area contributed by atoms with Crippen LogP contribution < -0.4 is 15.4 Å². The van der Waals surface area contributed by atoms with Crippen molar-refractivity contribution in [2.45, 2.75) is 6.92 Å². The molecule has 2 aromatic rings. The standard InChI is InChI=1S/C16H18N4O2/c1-4-9-17-15(21)14-10-11(2)18-16(20-14)19-12-5-7-13(22-3)8-6-12/h4-8,10H,1,9H2,2-3H3,(H,17,21)(H,18,19,20). The zero-order valence-corrected chi connectivity index (χ0v) is 12.6. The summed E-state index contributed by atoms with van der Waals surface area (Å²) in [7, 11) is 1.61. The summed E-state index contributed by atoms with van der Waals surface area (Å²) in [5.74, 6) is 0.873. The third kappa shape index (κ3) is 4.05. The van der Waals surface area contributed by atoms with Crippen LogP contribution in [0.3, 0.4) is 0 Å². The Morgan fingerprint density at radius 2 is 2.05 bits per heavy atom. The first-order valence-electron chi connectivity index (χ1n) is 6.78. The van der Waals surface area contributed by atoms with E-state index in [1.165, 1.54) is 0 Å². The van der Waals surface area contributed by atoms with Crippen LogP contribution in [-0.4, -0.2) is 29.5 Å². The van der Waals surface area contributed by atoms with Crippen molar-refractivity contribution in [1.29, 1.82) is 0 Å². The minimum Gasteiger partial charge on any atom is -0.497 e. The van der Waals surface area contributed by atoms with Crippen molar-refractivity contribution >= 4 is 17.5 Å². The van der Waals surface area contributed by atoms with Gasteiger partial charge in [-0.05, 0) is 37.3 Å². The van der Waals surface area contributed by atoms with Crippen LogP contribution in [0.4, 0.5) is 11.6 Å². The minimum atomic E-state index is -0.261. The molecule has 0 unspecified atom stereocenters. The number of nitrogens with one attached hydrogen (secondary N) is 2. The molecule has 0 saturated heterocycles. The first kappa shape index (κ1) is 15.5. The number of hydrogen-bond acceptors (Lipinski definition) is 5. The van der Waals surface area contributed by atoms with Crippen LogP contribution in [0.15, 0.2) is 43.0 Å². The Labute approximate surface area is 129 Å². The van der Waals surface area contributed by atoms with Gasteiger partial charge in [0.2, 0.25) is 5.95 Å². The number of aryl methyl sites for hydroxylation is 1. The minimum absolute atomic E-state index is 0.261. The van der Waals surface area contributed by atoms with Crippen molar-refractivity contribution in [3.05, 3.63) is 54.4 Å². The molecule has 0 spiro atoms. The van der Waals surface area contributed by atoms with E-state index in [0.717, 1.165) is 11.4 Å². The number of nitrogens with zero attached hydrogens (tertiary/aromatic N) is 2. The second kappa shape index (κ2) is 7.21. The van der Waals surface area contributed by atoms with Gasteiger partial charge in [0.1, 0.15) is 11.4 Å². The highest BCUT2D eigenvalue weighted by Crippen LogP contribution is 2.18.